The summed E-state index contributed by atoms with van der Waals surface area (Å²) in [6.45, 7) is 0.191. The highest BCUT2D eigenvalue weighted by Gasteiger charge is 2.08. The van der Waals surface area contributed by atoms with E-state index >= 15 is 0 Å². The van der Waals surface area contributed by atoms with Crippen LogP contribution in [0.3, 0.4) is 0 Å². The highest BCUT2D eigenvalue weighted by atomic mass is 32.2. The molecule has 0 aromatic heterocycles. The van der Waals surface area contributed by atoms with Crippen molar-refractivity contribution in [3.63, 3.8) is 0 Å². The van der Waals surface area contributed by atoms with E-state index in [0.717, 1.165) is 17.3 Å². The third-order valence-corrected chi connectivity index (χ3v) is 3.97. The van der Waals surface area contributed by atoms with E-state index in [1.165, 1.54) is 0 Å². The molecule has 0 aliphatic carbocycles. The van der Waals surface area contributed by atoms with E-state index in [1.54, 1.807) is 12.1 Å². The van der Waals surface area contributed by atoms with Crippen molar-refractivity contribution in [3.05, 3.63) is 45.5 Å². The zero-order valence-electron chi connectivity index (χ0n) is 12.3. The van der Waals surface area contributed by atoms with Gasteiger partial charge in [-0.05, 0) is 24.9 Å². The van der Waals surface area contributed by atoms with E-state index in [9.17, 15) is 19.7 Å². The van der Waals surface area contributed by atoms with Crippen LogP contribution in [0, 0.1) is 10.1 Å². The molecule has 0 saturated carbocycles. The van der Waals surface area contributed by atoms with Crippen molar-refractivity contribution in [1.82, 2.24) is 0 Å². The zero-order valence-corrected chi connectivity index (χ0v) is 13.1. The molecule has 0 aliphatic rings. The second-order valence-corrected chi connectivity index (χ2v) is 5.94. The molecular weight excluding hydrogens is 304 g/mol. The second kappa shape index (κ2) is 10.1. The van der Waals surface area contributed by atoms with Crippen molar-refractivity contribution in [1.29, 1.82) is 0 Å². The molecule has 0 bridgehead atoms. The lowest BCUT2D eigenvalue weighted by atomic mass is 10.0. The predicted molar refractivity (Wildman–Crippen MR) is 86.7 cm³/mol. The van der Waals surface area contributed by atoms with Gasteiger partial charge in [0, 0.05) is 22.7 Å². The van der Waals surface area contributed by atoms with Gasteiger partial charge in [-0.1, -0.05) is 36.0 Å². The van der Waals surface area contributed by atoms with Crippen LogP contribution in [0.2, 0.25) is 0 Å². The van der Waals surface area contributed by atoms with Gasteiger partial charge >= 0.3 is 0 Å². The molecule has 0 aliphatic heterocycles. The van der Waals surface area contributed by atoms with Gasteiger partial charge in [-0.25, -0.2) is 0 Å². The predicted octanol–water partition coefficient (Wildman–Crippen LogP) is 2.08. The summed E-state index contributed by atoms with van der Waals surface area (Å²) in [5, 5.41) is 10.00. The number of aryl methyl sites for hydroxylation is 1. The van der Waals surface area contributed by atoms with Crippen LogP contribution in [0.25, 0.3) is 0 Å². The fraction of sp³-hybridized carbons (Fsp3) is 0.467. The molecule has 0 saturated heterocycles. The number of nitrogens with zero attached hydrogens (tertiary/aromatic N) is 1. The van der Waals surface area contributed by atoms with Crippen LogP contribution in [-0.2, 0) is 11.2 Å². The van der Waals surface area contributed by atoms with Crippen LogP contribution < -0.4 is 5.73 Å². The van der Waals surface area contributed by atoms with Gasteiger partial charge < -0.3 is 5.73 Å². The maximum Gasteiger partial charge on any atom is 0.211 e. The third kappa shape index (κ3) is 7.33. The Morgan fingerprint density at radius 1 is 1.18 bits per heavy atom. The highest BCUT2D eigenvalue weighted by Crippen LogP contribution is 2.12. The first kappa shape index (κ1) is 18.3. The van der Waals surface area contributed by atoms with Crippen molar-refractivity contribution in [2.75, 3.05) is 18.8 Å². The van der Waals surface area contributed by atoms with E-state index in [4.69, 9.17) is 5.73 Å². The fourth-order valence-electron chi connectivity index (χ4n) is 1.80. The lowest BCUT2D eigenvalue weighted by Crippen LogP contribution is -2.06. The summed E-state index contributed by atoms with van der Waals surface area (Å²) >= 11 is 1.11. The Morgan fingerprint density at radius 2 is 1.86 bits per heavy atom. The molecule has 22 heavy (non-hydrogen) atoms. The van der Waals surface area contributed by atoms with Crippen molar-refractivity contribution >= 4 is 22.7 Å². The zero-order chi connectivity index (χ0) is 16.4. The summed E-state index contributed by atoms with van der Waals surface area (Å²) < 4.78 is 0. The normalized spacial score (nSPS) is 10.4. The molecule has 120 valence electrons. The number of carbonyl (C=O) groups excluding carboxylic acids is 2. The molecule has 0 unspecified atom stereocenters. The highest BCUT2D eigenvalue weighted by molar-refractivity contribution is 8.13. The number of rotatable bonds is 10. The number of hydrogen-bond acceptors (Lipinski definition) is 6. The molecule has 0 spiro atoms. The van der Waals surface area contributed by atoms with Crippen molar-refractivity contribution in [2.45, 2.75) is 25.7 Å². The lowest BCUT2D eigenvalue weighted by molar-refractivity contribution is -0.478. The first-order valence-electron chi connectivity index (χ1n) is 7.12. The summed E-state index contributed by atoms with van der Waals surface area (Å²) in [4.78, 5) is 32.8. The van der Waals surface area contributed by atoms with E-state index in [1.807, 2.05) is 12.1 Å². The quantitative estimate of drug-likeness (QED) is 0.401. The lowest BCUT2D eigenvalue weighted by Gasteiger charge is -2.03. The minimum absolute atomic E-state index is 0.0355. The fourth-order valence-corrected chi connectivity index (χ4v) is 2.60. The minimum atomic E-state index is -0.487. The van der Waals surface area contributed by atoms with Gasteiger partial charge in [0.25, 0.3) is 0 Å². The van der Waals surface area contributed by atoms with E-state index in [-0.39, 0.29) is 23.9 Å². The first-order valence-corrected chi connectivity index (χ1v) is 8.11. The van der Waals surface area contributed by atoms with Crippen molar-refractivity contribution in [3.8, 4) is 0 Å². The van der Waals surface area contributed by atoms with Crippen LogP contribution in [0.15, 0.2) is 24.3 Å². The molecular formula is C15H20N2O4S. The molecule has 1 rings (SSSR count). The van der Waals surface area contributed by atoms with E-state index < -0.39 is 4.92 Å². The van der Waals surface area contributed by atoms with E-state index in [0.29, 0.717) is 37.1 Å². The molecule has 0 heterocycles. The molecule has 0 radical (unpaired) electrons. The Balaban J connectivity index is 2.34. The van der Waals surface area contributed by atoms with Gasteiger partial charge in [-0.2, -0.15) is 0 Å². The average Bonchev–Trinajstić information content (AvgIpc) is 2.51. The molecule has 1 aromatic carbocycles. The van der Waals surface area contributed by atoms with Crippen LogP contribution >= 0.6 is 11.8 Å². The van der Waals surface area contributed by atoms with Gasteiger partial charge in [0.1, 0.15) is 0 Å². The average molecular weight is 324 g/mol. The van der Waals surface area contributed by atoms with Gasteiger partial charge in [0.15, 0.2) is 10.9 Å². The number of benzene rings is 1. The minimum Gasteiger partial charge on any atom is -0.330 e. The summed E-state index contributed by atoms with van der Waals surface area (Å²) in [5.74, 6) is 0.665. The Bertz CT molecular complexity index is 517. The second-order valence-electron chi connectivity index (χ2n) is 4.79. The van der Waals surface area contributed by atoms with Crippen LogP contribution in [-0.4, -0.2) is 34.7 Å². The van der Waals surface area contributed by atoms with Gasteiger partial charge in [0.2, 0.25) is 6.54 Å². The number of ketones is 1. The van der Waals surface area contributed by atoms with Gasteiger partial charge in [-0.15, -0.1) is 0 Å². The molecule has 0 atom stereocenters. The topological polar surface area (TPSA) is 103 Å². The number of hydrogen-bond donors (Lipinski definition) is 1. The Kier molecular flexibility index (Phi) is 8.39. The Morgan fingerprint density at radius 3 is 2.45 bits per heavy atom. The monoisotopic (exact) mass is 324 g/mol. The molecule has 1 aromatic rings. The molecule has 6 nitrogen and oxygen atoms in total. The standard InChI is InChI=1S/C15H20N2O4S/c16-9-1-2-14(18)13-5-3-12(4-6-13)8-11-22-15(19)7-10-17(20)21/h3-6H,1-2,7-11,16H2. The number of nitrogens with two attached hydrogens (primary N) is 1. The van der Waals surface area contributed by atoms with Crippen molar-refractivity contribution in [2.24, 2.45) is 5.73 Å². The largest absolute Gasteiger partial charge is 0.330 e. The Hall–Kier alpha value is -1.73. The smallest absolute Gasteiger partial charge is 0.211 e. The van der Waals surface area contributed by atoms with Gasteiger partial charge in [-0.3, -0.25) is 19.7 Å². The molecule has 0 amide bonds. The maximum atomic E-state index is 11.8. The van der Waals surface area contributed by atoms with Gasteiger partial charge in [0.05, 0.1) is 6.42 Å². The summed E-state index contributed by atoms with van der Waals surface area (Å²) in [5.41, 5.74) is 7.08. The number of carbonyl (C=O) groups is 2. The summed E-state index contributed by atoms with van der Waals surface area (Å²) in [6, 6.07) is 7.32. The first-order chi connectivity index (χ1) is 10.5. The van der Waals surface area contributed by atoms with Crippen LogP contribution in [0.5, 0.6) is 0 Å². The van der Waals surface area contributed by atoms with Crippen LogP contribution in [0.4, 0.5) is 0 Å². The number of nitro groups is 1. The van der Waals surface area contributed by atoms with Crippen molar-refractivity contribution < 1.29 is 14.5 Å². The molecule has 7 heteroatoms. The number of Topliss-reactive ketones (excluding diaryl/α,β-unsaturated/α-hetero) is 1. The molecule has 2 N–H and O–H groups in total. The maximum absolute atomic E-state index is 11.8. The molecule has 0 fully saturated rings. The SMILES string of the molecule is NCCCC(=O)c1ccc(CCSC(=O)CC[N+](=O)[O-])cc1. The summed E-state index contributed by atoms with van der Waals surface area (Å²) in [6.07, 6.45) is 1.79. The third-order valence-electron chi connectivity index (χ3n) is 3.04. The van der Waals surface area contributed by atoms with E-state index in [2.05, 4.69) is 0 Å². The Labute approximate surface area is 133 Å². The van der Waals surface area contributed by atoms with Crippen LogP contribution in [0.1, 0.15) is 35.2 Å². The summed E-state index contributed by atoms with van der Waals surface area (Å²) in [7, 11) is 0. The number of thioether (sulfide) groups is 1.